The fourth-order valence-electron chi connectivity index (χ4n) is 6.46. The maximum absolute atomic E-state index is 5.77. The molecule has 6 nitrogen and oxygen atoms in total. The Kier molecular flexibility index (Phi) is 6.86. The maximum atomic E-state index is 5.77. The average molecular weight is 452 g/mol. The van der Waals surface area contributed by atoms with E-state index in [1.807, 2.05) is 12.1 Å². The second-order valence-electron chi connectivity index (χ2n) is 9.84. The summed E-state index contributed by atoms with van der Waals surface area (Å²) in [5, 5.41) is 3.61. The minimum Gasteiger partial charge on any atom is -0.475 e. The molecule has 1 aliphatic heterocycles. The van der Waals surface area contributed by atoms with Crippen LogP contribution in [0.3, 0.4) is 0 Å². The van der Waals surface area contributed by atoms with E-state index in [1.165, 1.54) is 45.1 Å². The van der Waals surface area contributed by atoms with E-state index in [2.05, 4.69) is 40.4 Å². The molecule has 3 aliphatic rings. The van der Waals surface area contributed by atoms with E-state index in [0.717, 1.165) is 17.3 Å². The molecule has 0 spiro atoms. The van der Waals surface area contributed by atoms with Gasteiger partial charge in [0.25, 0.3) is 0 Å². The quantitative estimate of drug-likeness (QED) is 0.565. The van der Waals surface area contributed by atoms with Crippen LogP contribution in [0, 0.1) is 5.92 Å². The molecular formula is C27H37N3O3. The molecule has 2 aromatic rings. The zero-order valence-corrected chi connectivity index (χ0v) is 20.0. The van der Waals surface area contributed by atoms with Crippen LogP contribution in [0.2, 0.25) is 0 Å². The molecule has 178 valence electrons. The zero-order chi connectivity index (χ0) is 22.7. The van der Waals surface area contributed by atoms with Crippen molar-refractivity contribution >= 4 is 11.4 Å². The van der Waals surface area contributed by atoms with Crippen LogP contribution in [0.15, 0.2) is 36.5 Å². The number of ether oxygens (including phenoxy) is 3. The number of hydrogen-bond donors (Lipinski definition) is 1. The number of aromatic nitrogens is 1. The first-order valence-electron chi connectivity index (χ1n) is 12.5. The largest absolute Gasteiger partial charge is 0.475 e. The molecule has 0 radical (unpaired) electrons. The first kappa shape index (κ1) is 22.6. The van der Waals surface area contributed by atoms with Gasteiger partial charge in [0.2, 0.25) is 5.88 Å². The summed E-state index contributed by atoms with van der Waals surface area (Å²) in [6.07, 6.45) is 9.76. The highest BCUT2D eigenvalue weighted by atomic mass is 16.5. The number of likely N-dealkylation sites (tertiary alicyclic amines) is 1. The zero-order valence-electron chi connectivity index (χ0n) is 20.0. The normalized spacial score (nSPS) is 26.4. The van der Waals surface area contributed by atoms with Gasteiger partial charge in [0.15, 0.2) is 0 Å². The molecule has 6 heteroatoms. The third-order valence-corrected chi connectivity index (χ3v) is 8.05. The summed E-state index contributed by atoms with van der Waals surface area (Å²) < 4.78 is 16.2. The van der Waals surface area contributed by atoms with Crippen molar-refractivity contribution in [2.45, 2.75) is 50.0 Å². The highest BCUT2D eigenvalue weighted by molar-refractivity contribution is 5.63. The Bertz CT molecular complexity index is 952. The molecule has 1 saturated heterocycles. The number of hydrogen-bond acceptors (Lipinski definition) is 6. The Balaban J connectivity index is 1.30. The van der Waals surface area contributed by atoms with Crippen LogP contribution in [0.25, 0.3) is 0 Å². The number of rotatable bonds is 9. The van der Waals surface area contributed by atoms with Gasteiger partial charge >= 0.3 is 0 Å². The van der Waals surface area contributed by atoms with Crippen LogP contribution >= 0.6 is 0 Å². The number of piperidine rings is 1. The van der Waals surface area contributed by atoms with E-state index in [1.54, 1.807) is 24.4 Å². The van der Waals surface area contributed by atoms with Crippen LogP contribution in [0.1, 0.15) is 43.2 Å². The molecule has 0 unspecified atom stereocenters. The Morgan fingerprint density at radius 2 is 1.94 bits per heavy atom. The van der Waals surface area contributed by atoms with Crippen LogP contribution in [-0.2, 0) is 21.3 Å². The predicted octanol–water partition coefficient (Wildman–Crippen LogP) is 4.56. The predicted molar refractivity (Wildman–Crippen MR) is 131 cm³/mol. The molecule has 2 aliphatic carbocycles. The molecule has 2 heterocycles. The molecule has 1 saturated carbocycles. The molecule has 5 rings (SSSR count). The molecule has 2 fully saturated rings. The van der Waals surface area contributed by atoms with E-state index in [9.17, 15) is 0 Å². The van der Waals surface area contributed by atoms with Crippen molar-refractivity contribution in [3.63, 3.8) is 0 Å². The van der Waals surface area contributed by atoms with Crippen LogP contribution in [0.5, 0.6) is 5.88 Å². The summed E-state index contributed by atoms with van der Waals surface area (Å²) in [5.41, 5.74) is 5.69. The highest BCUT2D eigenvalue weighted by Crippen LogP contribution is 2.55. The van der Waals surface area contributed by atoms with Gasteiger partial charge < -0.3 is 24.4 Å². The van der Waals surface area contributed by atoms with Crippen molar-refractivity contribution in [3.05, 3.63) is 47.7 Å². The fraction of sp³-hybridized carbons (Fsp3) is 0.593. The smallest absolute Gasteiger partial charge is 0.215 e. The van der Waals surface area contributed by atoms with Gasteiger partial charge in [0.05, 0.1) is 19.8 Å². The van der Waals surface area contributed by atoms with Gasteiger partial charge in [-0.25, -0.2) is 4.98 Å². The number of pyridine rings is 1. The van der Waals surface area contributed by atoms with Crippen LogP contribution in [0.4, 0.5) is 11.4 Å². The third-order valence-electron chi connectivity index (χ3n) is 8.05. The summed E-state index contributed by atoms with van der Waals surface area (Å²) in [4.78, 5) is 6.97. The van der Waals surface area contributed by atoms with E-state index in [4.69, 9.17) is 14.2 Å². The van der Waals surface area contributed by atoms with Crippen LogP contribution < -0.4 is 10.1 Å². The van der Waals surface area contributed by atoms with E-state index < -0.39 is 0 Å². The first-order valence-corrected chi connectivity index (χ1v) is 12.5. The van der Waals surface area contributed by atoms with Gasteiger partial charge in [-0.15, -0.1) is 0 Å². The number of likely N-dealkylation sites (N-methyl/N-ethyl adjacent to an activating group) is 1. The lowest BCUT2D eigenvalue weighted by Gasteiger charge is -2.58. The van der Waals surface area contributed by atoms with Gasteiger partial charge in [0, 0.05) is 42.2 Å². The van der Waals surface area contributed by atoms with Crippen LogP contribution in [-0.4, -0.2) is 63.1 Å². The lowest BCUT2D eigenvalue weighted by molar-refractivity contribution is 0.00290. The third kappa shape index (κ3) is 4.61. The van der Waals surface area contributed by atoms with Gasteiger partial charge in [-0.1, -0.05) is 18.9 Å². The molecule has 2 bridgehead atoms. The lowest BCUT2D eigenvalue weighted by Crippen LogP contribution is -2.59. The SMILES string of the molecule is COCCOCCOc1cc(Nc2ccc3c(c2)[C@@]24CCCC[C@H]2[C@@H](C3)N(C)CC4)ccn1. The van der Waals surface area contributed by atoms with Gasteiger partial charge in [-0.05, 0) is 74.5 Å². The number of anilines is 2. The second-order valence-corrected chi connectivity index (χ2v) is 9.84. The molecule has 33 heavy (non-hydrogen) atoms. The second kappa shape index (κ2) is 10.00. The van der Waals surface area contributed by atoms with Crippen molar-refractivity contribution in [2.75, 3.05) is 52.4 Å². The maximum Gasteiger partial charge on any atom is 0.215 e. The summed E-state index contributed by atoms with van der Waals surface area (Å²) in [6, 6.07) is 11.7. The first-order chi connectivity index (χ1) is 16.2. The molecule has 1 N–H and O–H groups in total. The standard InChI is InChI=1S/C27H37N3O3/c1-30-12-10-27-9-4-3-5-23(27)25(30)17-20-6-7-21(18-24(20)27)29-22-8-11-28-26(19-22)33-16-15-32-14-13-31-2/h6-8,11,18-19,23,25H,3-5,9-10,12-17H2,1-2H3,(H,28,29)/t23-,25+,27+/m0/s1. The van der Waals surface area contributed by atoms with Crippen molar-refractivity contribution in [3.8, 4) is 5.88 Å². The Hall–Kier alpha value is -2.15. The Morgan fingerprint density at radius 1 is 1.06 bits per heavy atom. The van der Waals surface area contributed by atoms with Crippen molar-refractivity contribution in [1.82, 2.24) is 9.88 Å². The summed E-state index contributed by atoms with van der Waals surface area (Å²) >= 11 is 0. The molecule has 3 atom stereocenters. The van der Waals surface area contributed by atoms with Crippen molar-refractivity contribution < 1.29 is 14.2 Å². The van der Waals surface area contributed by atoms with Crippen molar-refractivity contribution in [1.29, 1.82) is 0 Å². The van der Waals surface area contributed by atoms with E-state index in [-0.39, 0.29) is 0 Å². The molecule has 0 amide bonds. The van der Waals surface area contributed by atoms with E-state index in [0.29, 0.717) is 43.8 Å². The highest BCUT2D eigenvalue weighted by Gasteiger charge is 2.52. The lowest BCUT2D eigenvalue weighted by atomic mass is 9.52. The molecule has 1 aromatic carbocycles. The summed E-state index contributed by atoms with van der Waals surface area (Å²) in [7, 11) is 4.00. The average Bonchev–Trinajstić information content (AvgIpc) is 2.84. The minimum atomic E-state index is 0.371. The Labute approximate surface area is 197 Å². The van der Waals surface area contributed by atoms with Gasteiger partial charge in [0.1, 0.15) is 6.61 Å². The summed E-state index contributed by atoms with van der Waals surface area (Å²) in [6.45, 7) is 3.38. The fourth-order valence-corrected chi connectivity index (χ4v) is 6.46. The number of nitrogens with zero attached hydrogens (tertiary/aromatic N) is 2. The molecular weight excluding hydrogens is 414 g/mol. The van der Waals surface area contributed by atoms with Gasteiger partial charge in [-0.2, -0.15) is 0 Å². The van der Waals surface area contributed by atoms with Crippen molar-refractivity contribution in [2.24, 2.45) is 5.92 Å². The topological polar surface area (TPSA) is 55.9 Å². The minimum absolute atomic E-state index is 0.371. The number of fused-ring (bicyclic) bond motifs is 1. The molecule has 1 aromatic heterocycles. The van der Waals surface area contributed by atoms with E-state index >= 15 is 0 Å². The Morgan fingerprint density at radius 3 is 2.85 bits per heavy atom. The summed E-state index contributed by atoms with van der Waals surface area (Å²) in [5.74, 6) is 1.41. The number of methoxy groups -OCH3 is 1. The number of benzene rings is 1. The monoisotopic (exact) mass is 451 g/mol. The van der Waals surface area contributed by atoms with Gasteiger partial charge in [-0.3, -0.25) is 0 Å². The number of nitrogens with one attached hydrogen (secondary N) is 1.